The maximum Gasteiger partial charge on any atom is 0.0963 e. The molecule has 84 valence electrons. The summed E-state index contributed by atoms with van der Waals surface area (Å²) in [7, 11) is 0. The van der Waals surface area contributed by atoms with Crippen LogP contribution in [0.2, 0.25) is 4.34 Å². The predicted molar refractivity (Wildman–Crippen MR) is 73.3 cm³/mol. The van der Waals surface area contributed by atoms with Gasteiger partial charge in [-0.2, -0.15) is 0 Å². The van der Waals surface area contributed by atoms with Crippen molar-refractivity contribution < 1.29 is 0 Å². The molecule has 0 spiro atoms. The van der Waals surface area contributed by atoms with Gasteiger partial charge in [-0.05, 0) is 42.2 Å². The molecular formula is C13H14ClNS. The minimum Gasteiger partial charge on any atom is -0.398 e. The number of thiophene rings is 1. The Bertz CT molecular complexity index is 497. The molecule has 0 saturated carbocycles. The van der Waals surface area contributed by atoms with Crippen LogP contribution in [0.1, 0.15) is 18.1 Å². The van der Waals surface area contributed by atoms with Gasteiger partial charge in [0.2, 0.25) is 0 Å². The van der Waals surface area contributed by atoms with Crippen LogP contribution in [0, 0.1) is 6.92 Å². The largest absolute Gasteiger partial charge is 0.398 e. The maximum atomic E-state index is 6.06. The smallest absolute Gasteiger partial charge is 0.0963 e. The molecule has 0 fully saturated rings. The van der Waals surface area contributed by atoms with E-state index in [9.17, 15) is 0 Å². The van der Waals surface area contributed by atoms with Crippen LogP contribution in [0.3, 0.4) is 0 Å². The Balaban J connectivity index is 2.45. The van der Waals surface area contributed by atoms with Gasteiger partial charge in [-0.25, -0.2) is 0 Å². The van der Waals surface area contributed by atoms with Gasteiger partial charge in [0.05, 0.1) is 4.34 Å². The van der Waals surface area contributed by atoms with E-state index in [2.05, 4.69) is 25.1 Å². The second kappa shape index (κ2) is 4.48. The SMILES string of the molecule is CCc1ccc(-c2cc(C)c(Cl)s2)cc1N. The molecule has 16 heavy (non-hydrogen) atoms. The molecule has 0 unspecified atom stereocenters. The van der Waals surface area contributed by atoms with E-state index >= 15 is 0 Å². The number of hydrogen-bond donors (Lipinski definition) is 1. The highest BCUT2D eigenvalue weighted by atomic mass is 35.5. The number of nitrogens with two attached hydrogens (primary N) is 1. The molecule has 3 heteroatoms. The number of nitrogen functional groups attached to an aromatic ring is 1. The third kappa shape index (κ3) is 2.08. The summed E-state index contributed by atoms with van der Waals surface area (Å²) in [6.45, 7) is 4.13. The molecule has 1 heterocycles. The van der Waals surface area contributed by atoms with Crippen LogP contribution in [-0.4, -0.2) is 0 Å². The highest BCUT2D eigenvalue weighted by Crippen LogP contribution is 2.35. The second-order valence-electron chi connectivity index (χ2n) is 3.83. The quantitative estimate of drug-likeness (QED) is 0.781. The lowest BCUT2D eigenvalue weighted by Crippen LogP contribution is -1.92. The number of aryl methyl sites for hydroxylation is 2. The zero-order chi connectivity index (χ0) is 11.7. The standard InChI is InChI=1S/C13H14ClNS/c1-3-9-4-5-10(7-11(9)15)12-6-8(2)13(14)16-12/h4-7H,3,15H2,1-2H3. The normalized spacial score (nSPS) is 10.7. The van der Waals surface area contributed by atoms with E-state index in [1.165, 1.54) is 10.4 Å². The van der Waals surface area contributed by atoms with Crippen molar-refractivity contribution in [1.82, 2.24) is 0 Å². The van der Waals surface area contributed by atoms with Crippen molar-refractivity contribution in [3.63, 3.8) is 0 Å². The Morgan fingerprint density at radius 3 is 2.56 bits per heavy atom. The fourth-order valence-electron chi connectivity index (χ4n) is 1.67. The lowest BCUT2D eigenvalue weighted by Gasteiger charge is -2.04. The van der Waals surface area contributed by atoms with Crippen molar-refractivity contribution in [2.75, 3.05) is 5.73 Å². The molecule has 0 bridgehead atoms. The number of anilines is 1. The Kier molecular flexibility index (Phi) is 3.22. The molecule has 0 atom stereocenters. The van der Waals surface area contributed by atoms with Gasteiger partial charge in [0.25, 0.3) is 0 Å². The minimum absolute atomic E-state index is 0.855. The summed E-state index contributed by atoms with van der Waals surface area (Å²) in [6.07, 6.45) is 0.969. The predicted octanol–water partition coefficient (Wildman–Crippen LogP) is 4.52. The molecule has 0 aliphatic carbocycles. The third-order valence-corrected chi connectivity index (χ3v) is 4.27. The summed E-state index contributed by atoms with van der Waals surface area (Å²) in [4.78, 5) is 1.18. The van der Waals surface area contributed by atoms with Crippen molar-refractivity contribution in [3.05, 3.63) is 39.7 Å². The molecule has 0 saturated heterocycles. The first-order chi connectivity index (χ1) is 7.61. The van der Waals surface area contributed by atoms with Gasteiger partial charge >= 0.3 is 0 Å². The van der Waals surface area contributed by atoms with E-state index in [4.69, 9.17) is 17.3 Å². The fraction of sp³-hybridized carbons (Fsp3) is 0.231. The van der Waals surface area contributed by atoms with Gasteiger partial charge in [0, 0.05) is 10.6 Å². The zero-order valence-electron chi connectivity index (χ0n) is 9.38. The number of hydrogen-bond acceptors (Lipinski definition) is 2. The van der Waals surface area contributed by atoms with Crippen LogP contribution in [0.15, 0.2) is 24.3 Å². The van der Waals surface area contributed by atoms with Gasteiger partial charge in [0.15, 0.2) is 0 Å². The fourth-order valence-corrected chi connectivity index (χ4v) is 2.87. The average molecular weight is 252 g/mol. The highest BCUT2D eigenvalue weighted by molar-refractivity contribution is 7.19. The average Bonchev–Trinajstić information content (AvgIpc) is 2.59. The number of halogens is 1. The lowest BCUT2D eigenvalue weighted by molar-refractivity contribution is 1.15. The van der Waals surface area contributed by atoms with Gasteiger partial charge in [0.1, 0.15) is 0 Å². The maximum absolute atomic E-state index is 6.06. The van der Waals surface area contributed by atoms with E-state index in [0.717, 1.165) is 27.6 Å². The van der Waals surface area contributed by atoms with Gasteiger partial charge in [-0.3, -0.25) is 0 Å². The summed E-state index contributed by atoms with van der Waals surface area (Å²) in [5, 5.41) is 0. The number of benzene rings is 1. The summed E-state index contributed by atoms with van der Waals surface area (Å²) in [5.41, 5.74) is 10.3. The molecular weight excluding hydrogens is 238 g/mol. The monoisotopic (exact) mass is 251 g/mol. The van der Waals surface area contributed by atoms with Crippen LogP contribution in [-0.2, 0) is 6.42 Å². The summed E-state index contributed by atoms with van der Waals surface area (Å²) >= 11 is 7.66. The summed E-state index contributed by atoms with van der Waals surface area (Å²) in [5.74, 6) is 0. The topological polar surface area (TPSA) is 26.0 Å². The van der Waals surface area contributed by atoms with Gasteiger partial charge < -0.3 is 5.73 Å². The molecule has 2 rings (SSSR count). The molecule has 0 amide bonds. The van der Waals surface area contributed by atoms with E-state index in [-0.39, 0.29) is 0 Å². The highest BCUT2D eigenvalue weighted by Gasteiger charge is 2.07. The van der Waals surface area contributed by atoms with Crippen LogP contribution >= 0.6 is 22.9 Å². The van der Waals surface area contributed by atoms with Gasteiger partial charge in [-0.1, -0.05) is 30.7 Å². The molecule has 1 nitrogen and oxygen atoms in total. The Hall–Kier alpha value is -0.990. The Morgan fingerprint density at radius 1 is 1.31 bits per heavy atom. The molecule has 2 aromatic rings. The van der Waals surface area contributed by atoms with E-state index in [1.54, 1.807) is 11.3 Å². The van der Waals surface area contributed by atoms with Crippen LogP contribution < -0.4 is 5.73 Å². The van der Waals surface area contributed by atoms with Crippen LogP contribution in [0.5, 0.6) is 0 Å². The molecule has 0 aliphatic heterocycles. The summed E-state index contributed by atoms with van der Waals surface area (Å²) in [6, 6.07) is 8.33. The first kappa shape index (κ1) is 11.5. The Labute approximate surface area is 105 Å². The van der Waals surface area contributed by atoms with Crippen LogP contribution in [0.25, 0.3) is 10.4 Å². The molecule has 0 aliphatic rings. The second-order valence-corrected chi connectivity index (χ2v) is 5.49. The van der Waals surface area contributed by atoms with Crippen molar-refractivity contribution >= 4 is 28.6 Å². The van der Waals surface area contributed by atoms with Crippen molar-refractivity contribution in [1.29, 1.82) is 0 Å². The zero-order valence-corrected chi connectivity index (χ0v) is 11.0. The molecule has 1 aromatic carbocycles. The molecule has 1 aromatic heterocycles. The van der Waals surface area contributed by atoms with Crippen LogP contribution in [0.4, 0.5) is 5.69 Å². The van der Waals surface area contributed by atoms with Crippen molar-refractivity contribution in [2.24, 2.45) is 0 Å². The Morgan fingerprint density at radius 2 is 2.06 bits per heavy atom. The first-order valence-electron chi connectivity index (χ1n) is 5.26. The van der Waals surface area contributed by atoms with E-state index in [0.29, 0.717) is 0 Å². The minimum atomic E-state index is 0.855. The lowest BCUT2D eigenvalue weighted by atomic mass is 10.1. The summed E-state index contributed by atoms with van der Waals surface area (Å²) < 4.78 is 0.855. The van der Waals surface area contributed by atoms with Gasteiger partial charge in [-0.15, -0.1) is 11.3 Å². The first-order valence-corrected chi connectivity index (χ1v) is 6.46. The molecule has 2 N–H and O–H groups in total. The van der Waals surface area contributed by atoms with Crippen molar-refractivity contribution in [3.8, 4) is 10.4 Å². The van der Waals surface area contributed by atoms with E-state index in [1.807, 2.05) is 13.0 Å². The van der Waals surface area contributed by atoms with Crippen molar-refractivity contribution in [2.45, 2.75) is 20.3 Å². The number of rotatable bonds is 2. The molecule has 0 radical (unpaired) electrons. The third-order valence-electron chi connectivity index (χ3n) is 2.67. The van der Waals surface area contributed by atoms with E-state index < -0.39 is 0 Å².